The molecular formula is C18H24N4OS. The van der Waals surface area contributed by atoms with E-state index in [0.717, 1.165) is 37.5 Å². The van der Waals surface area contributed by atoms with Gasteiger partial charge in [-0.15, -0.1) is 11.3 Å². The van der Waals surface area contributed by atoms with Crippen molar-refractivity contribution in [1.82, 2.24) is 14.8 Å². The van der Waals surface area contributed by atoms with E-state index in [1.54, 1.807) is 0 Å². The molecule has 1 aliphatic rings. The molecule has 0 bridgehead atoms. The number of nitrogens with two attached hydrogens (primary N) is 1. The van der Waals surface area contributed by atoms with Crippen LogP contribution in [0.4, 0.5) is 0 Å². The van der Waals surface area contributed by atoms with Gasteiger partial charge < -0.3 is 10.6 Å². The lowest BCUT2D eigenvalue weighted by Gasteiger charge is -2.37. The van der Waals surface area contributed by atoms with Crippen molar-refractivity contribution in [2.75, 3.05) is 20.1 Å². The fourth-order valence-electron chi connectivity index (χ4n) is 3.18. The van der Waals surface area contributed by atoms with E-state index in [9.17, 15) is 4.79 Å². The Bertz CT molecular complexity index is 673. The first kappa shape index (κ1) is 17.1. The van der Waals surface area contributed by atoms with Crippen LogP contribution in [0, 0.1) is 0 Å². The molecule has 3 rings (SSSR count). The van der Waals surface area contributed by atoms with Crippen molar-refractivity contribution in [3.05, 3.63) is 52.0 Å². The van der Waals surface area contributed by atoms with Gasteiger partial charge >= 0.3 is 0 Å². The summed E-state index contributed by atoms with van der Waals surface area (Å²) in [7, 11) is 1.89. The smallest absolute Gasteiger partial charge is 0.273 e. The molecule has 2 N–H and O–H groups in total. The standard InChI is InChI=1S/C18H24N4OS/c1-21(18(23)16-13-24-17(10-19)20-16)15-8-5-9-22(12-15)11-14-6-3-2-4-7-14/h2-4,6-7,13,15H,5,8-12,19H2,1H3. The van der Waals surface area contributed by atoms with Crippen molar-refractivity contribution >= 4 is 17.2 Å². The highest BCUT2D eigenvalue weighted by atomic mass is 32.1. The molecule has 1 aromatic heterocycles. The number of likely N-dealkylation sites (tertiary alicyclic amines) is 1. The van der Waals surface area contributed by atoms with E-state index in [0.29, 0.717) is 12.2 Å². The molecule has 2 heterocycles. The van der Waals surface area contributed by atoms with E-state index in [1.807, 2.05) is 23.4 Å². The molecule has 1 aliphatic heterocycles. The summed E-state index contributed by atoms with van der Waals surface area (Å²) < 4.78 is 0. The number of carbonyl (C=O) groups is 1. The molecule has 6 heteroatoms. The molecule has 1 aromatic carbocycles. The van der Waals surface area contributed by atoms with Gasteiger partial charge in [0, 0.05) is 38.1 Å². The quantitative estimate of drug-likeness (QED) is 0.904. The van der Waals surface area contributed by atoms with Crippen LogP contribution < -0.4 is 5.73 Å². The molecule has 0 aliphatic carbocycles. The molecule has 1 unspecified atom stereocenters. The van der Waals surface area contributed by atoms with Gasteiger partial charge in [0.05, 0.1) is 0 Å². The fourth-order valence-corrected chi connectivity index (χ4v) is 3.83. The molecule has 1 atom stereocenters. The summed E-state index contributed by atoms with van der Waals surface area (Å²) in [5.74, 6) is -0.00230. The molecule has 0 saturated carbocycles. The molecule has 2 aromatic rings. The number of benzene rings is 1. The van der Waals surface area contributed by atoms with Crippen molar-refractivity contribution in [3.8, 4) is 0 Å². The Balaban J connectivity index is 1.62. The van der Waals surface area contributed by atoms with E-state index in [2.05, 4.69) is 34.1 Å². The summed E-state index contributed by atoms with van der Waals surface area (Å²) >= 11 is 1.45. The van der Waals surface area contributed by atoms with Crippen LogP contribution in [0.1, 0.15) is 33.9 Å². The zero-order valence-corrected chi connectivity index (χ0v) is 14.8. The maximum Gasteiger partial charge on any atom is 0.273 e. The maximum atomic E-state index is 12.6. The zero-order valence-electron chi connectivity index (χ0n) is 14.0. The third-order valence-corrected chi connectivity index (χ3v) is 5.41. The summed E-state index contributed by atoms with van der Waals surface area (Å²) in [5.41, 5.74) is 7.43. The number of amides is 1. The second kappa shape index (κ2) is 7.88. The van der Waals surface area contributed by atoms with Crippen molar-refractivity contribution in [2.45, 2.75) is 32.0 Å². The molecule has 0 radical (unpaired) electrons. The Morgan fingerprint density at radius 1 is 1.42 bits per heavy atom. The molecule has 24 heavy (non-hydrogen) atoms. The normalized spacial score (nSPS) is 18.5. The number of carbonyl (C=O) groups excluding carboxylic acids is 1. The Kier molecular flexibility index (Phi) is 5.60. The van der Waals surface area contributed by atoms with Gasteiger partial charge in [0.15, 0.2) is 0 Å². The first-order valence-electron chi connectivity index (χ1n) is 8.35. The van der Waals surface area contributed by atoms with Gasteiger partial charge in [-0.05, 0) is 24.9 Å². The molecule has 0 spiro atoms. The Hall–Kier alpha value is -1.76. The largest absolute Gasteiger partial charge is 0.336 e. The first-order chi connectivity index (χ1) is 11.7. The van der Waals surface area contributed by atoms with Gasteiger partial charge in [0.2, 0.25) is 0 Å². The van der Waals surface area contributed by atoms with E-state index in [1.165, 1.54) is 16.9 Å². The topological polar surface area (TPSA) is 62.5 Å². The number of likely N-dealkylation sites (N-methyl/N-ethyl adjacent to an activating group) is 1. The van der Waals surface area contributed by atoms with Crippen molar-refractivity contribution in [1.29, 1.82) is 0 Å². The van der Waals surface area contributed by atoms with Crippen LogP contribution in [-0.2, 0) is 13.1 Å². The van der Waals surface area contributed by atoms with Crippen LogP contribution in [0.15, 0.2) is 35.7 Å². The molecule has 1 amide bonds. The van der Waals surface area contributed by atoms with Gasteiger partial charge in [-0.25, -0.2) is 4.98 Å². The fraction of sp³-hybridized carbons (Fsp3) is 0.444. The average Bonchev–Trinajstić information content (AvgIpc) is 3.11. The second-order valence-corrected chi connectivity index (χ2v) is 7.21. The Morgan fingerprint density at radius 3 is 2.92 bits per heavy atom. The van der Waals surface area contributed by atoms with Crippen molar-refractivity contribution < 1.29 is 4.79 Å². The number of aromatic nitrogens is 1. The molecular weight excluding hydrogens is 320 g/mol. The van der Waals surface area contributed by atoms with Crippen LogP contribution >= 0.6 is 11.3 Å². The van der Waals surface area contributed by atoms with E-state index in [4.69, 9.17) is 5.73 Å². The summed E-state index contributed by atoms with van der Waals surface area (Å²) in [4.78, 5) is 21.3. The van der Waals surface area contributed by atoms with Crippen molar-refractivity contribution in [3.63, 3.8) is 0 Å². The van der Waals surface area contributed by atoms with Crippen LogP contribution in [0.5, 0.6) is 0 Å². The van der Waals surface area contributed by atoms with Gasteiger partial charge in [-0.2, -0.15) is 0 Å². The number of rotatable bonds is 5. The summed E-state index contributed by atoms with van der Waals surface area (Å²) in [6.45, 7) is 3.32. The molecule has 1 fully saturated rings. The first-order valence-corrected chi connectivity index (χ1v) is 9.23. The van der Waals surface area contributed by atoms with Crippen LogP contribution in [0.25, 0.3) is 0 Å². The second-order valence-electron chi connectivity index (χ2n) is 6.26. The van der Waals surface area contributed by atoms with E-state index in [-0.39, 0.29) is 11.9 Å². The molecule has 5 nitrogen and oxygen atoms in total. The summed E-state index contributed by atoms with van der Waals surface area (Å²) in [6.07, 6.45) is 2.15. The zero-order chi connectivity index (χ0) is 16.9. The summed E-state index contributed by atoms with van der Waals surface area (Å²) in [6, 6.07) is 10.7. The van der Waals surface area contributed by atoms with Crippen LogP contribution in [0.2, 0.25) is 0 Å². The highest BCUT2D eigenvalue weighted by Crippen LogP contribution is 2.19. The van der Waals surface area contributed by atoms with Gasteiger partial charge in [0.25, 0.3) is 5.91 Å². The third kappa shape index (κ3) is 4.01. The number of hydrogen-bond donors (Lipinski definition) is 1. The van der Waals surface area contributed by atoms with Gasteiger partial charge in [0.1, 0.15) is 10.7 Å². The van der Waals surface area contributed by atoms with Gasteiger partial charge in [-0.1, -0.05) is 30.3 Å². The average molecular weight is 344 g/mol. The number of piperidine rings is 1. The minimum atomic E-state index is -0.00230. The SMILES string of the molecule is CN(C(=O)c1csc(CN)n1)C1CCCN(Cc2ccccc2)C1. The van der Waals surface area contributed by atoms with Gasteiger partial charge in [-0.3, -0.25) is 9.69 Å². The minimum Gasteiger partial charge on any atom is -0.336 e. The maximum absolute atomic E-state index is 12.6. The van der Waals surface area contributed by atoms with Crippen molar-refractivity contribution in [2.24, 2.45) is 5.73 Å². The number of thiazole rings is 1. The van der Waals surface area contributed by atoms with E-state index < -0.39 is 0 Å². The predicted molar refractivity (Wildman–Crippen MR) is 96.8 cm³/mol. The number of hydrogen-bond acceptors (Lipinski definition) is 5. The Morgan fingerprint density at radius 2 is 2.21 bits per heavy atom. The predicted octanol–water partition coefficient (Wildman–Crippen LogP) is 2.34. The third-order valence-electron chi connectivity index (χ3n) is 4.54. The number of nitrogens with zero attached hydrogens (tertiary/aromatic N) is 3. The molecule has 1 saturated heterocycles. The monoisotopic (exact) mass is 344 g/mol. The lowest BCUT2D eigenvalue weighted by atomic mass is 10.0. The minimum absolute atomic E-state index is 0.00230. The highest BCUT2D eigenvalue weighted by molar-refractivity contribution is 7.09. The summed E-state index contributed by atoms with van der Waals surface area (Å²) in [5, 5.41) is 2.62. The highest BCUT2D eigenvalue weighted by Gasteiger charge is 2.27. The van der Waals surface area contributed by atoms with Crippen LogP contribution in [0.3, 0.4) is 0 Å². The lowest BCUT2D eigenvalue weighted by Crippen LogP contribution is -2.48. The molecule has 128 valence electrons. The van der Waals surface area contributed by atoms with E-state index >= 15 is 0 Å². The Labute approximate surface area is 147 Å². The lowest BCUT2D eigenvalue weighted by molar-refractivity contribution is 0.0604. The van der Waals surface area contributed by atoms with Crippen LogP contribution in [-0.4, -0.2) is 46.9 Å².